The Hall–Kier alpha value is -2.09. The van der Waals surface area contributed by atoms with Crippen molar-refractivity contribution in [3.63, 3.8) is 0 Å². The van der Waals surface area contributed by atoms with Gasteiger partial charge in [0.25, 0.3) is 0 Å². The van der Waals surface area contributed by atoms with Gasteiger partial charge in [0, 0.05) is 5.56 Å². The Kier molecular flexibility index (Phi) is 3.66. The van der Waals surface area contributed by atoms with Gasteiger partial charge in [-0.15, -0.1) is 0 Å². The van der Waals surface area contributed by atoms with E-state index in [-0.39, 0.29) is 11.1 Å². The molecule has 112 valence electrons. The second kappa shape index (κ2) is 5.03. The van der Waals surface area contributed by atoms with Gasteiger partial charge in [-0.1, -0.05) is 18.2 Å². The van der Waals surface area contributed by atoms with Crippen LogP contribution in [0.25, 0.3) is 11.6 Å². The Morgan fingerprint density at radius 3 is 2.52 bits per heavy atom. The van der Waals surface area contributed by atoms with Crippen molar-refractivity contribution >= 4 is 27.7 Å². The standard InChI is InChI=1S/C12H7F3O5S/c13-12(14,15)21(18,19)20-8-3-1-7-2-4-11(17)10(6-16)9(7)5-8/h1-5,11,17H. The van der Waals surface area contributed by atoms with Gasteiger partial charge in [0.15, 0.2) is 0 Å². The van der Waals surface area contributed by atoms with Crippen molar-refractivity contribution in [3.8, 4) is 5.75 Å². The minimum Gasteiger partial charge on any atom is -0.383 e. The van der Waals surface area contributed by atoms with Crippen molar-refractivity contribution in [2.24, 2.45) is 0 Å². The molecule has 0 saturated carbocycles. The summed E-state index contributed by atoms with van der Waals surface area (Å²) in [6, 6.07) is 3.19. The van der Waals surface area contributed by atoms with Crippen LogP contribution in [-0.4, -0.2) is 31.1 Å². The van der Waals surface area contributed by atoms with Crippen molar-refractivity contribution in [3.05, 3.63) is 35.4 Å². The highest BCUT2D eigenvalue weighted by Crippen LogP contribution is 2.33. The number of fused-ring (bicyclic) bond motifs is 1. The maximum Gasteiger partial charge on any atom is 0.534 e. The molecule has 21 heavy (non-hydrogen) atoms. The number of hydrogen-bond donors (Lipinski definition) is 1. The van der Waals surface area contributed by atoms with Crippen LogP contribution in [0.15, 0.2) is 24.3 Å². The zero-order valence-corrected chi connectivity index (χ0v) is 10.9. The lowest BCUT2D eigenvalue weighted by atomic mass is 9.91. The Balaban J connectivity index is 2.46. The van der Waals surface area contributed by atoms with Crippen LogP contribution in [0, 0.1) is 0 Å². The van der Waals surface area contributed by atoms with E-state index in [9.17, 15) is 31.5 Å². The highest BCUT2D eigenvalue weighted by atomic mass is 32.2. The Morgan fingerprint density at radius 1 is 1.29 bits per heavy atom. The molecular weight excluding hydrogens is 313 g/mol. The Morgan fingerprint density at radius 2 is 1.95 bits per heavy atom. The lowest BCUT2D eigenvalue weighted by Gasteiger charge is -2.17. The summed E-state index contributed by atoms with van der Waals surface area (Å²) in [6.45, 7) is 0. The third-order valence-corrected chi connectivity index (χ3v) is 3.65. The zero-order valence-electron chi connectivity index (χ0n) is 10.1. The maximum atomic E-state index is 12.2. The van der Waals surface area contributed by atoms with Gasteiger partial charge in [0.1, 0.15) is 17.8 Å². The normalized spacial score (nSPS) is 18.1. The molecule has 1 N–H and O–H groups in total. The van der Waals surface area contributed by atoms with Gasteiger partial charge in [-0.05, 0) is 17.7 Å². The van der Waals surface area contributed by atoms with E-state index in [1.165, 1.54) is 24.2 Å². The molecule has 0 aliphatic heterocycles. The summed E-state index contributed by atoms with van der Waals surface area (Å²) in [5, 5.41) is 9.54. The number of benzene rings is 1. The van der Waals surface area contributed by atoms with E-state index in [2.05, 4.69) is 4.18 Å². The molecule has 1 aromatic rings. The van der Waals surface area contributed by atoms with Gasteiger partial charge in [-0.3, -0.25) is 0 Å². The molecule has 0 radical (unpaired) electrons. The molecule has 0 saturated heterocycles. The van der Waals surface area contributed by atoms with Crippen molar-refractivity contribution in [2.75, 3.05) is 0 Å². The second-order valence-corrected chi connectivity index (χ2v) is 5.59. The quantitative estimate of drug-likeness (QED) is 0.508. The maximum absolute atomic E-state index is 12.2. The summed E-state index contributed by atoms with van der Waals surface area (Å²) in [5.41, 5.74) is -5.32. The molecular formula is C12H7F3O5S. The first-order valence-corrected chi connectivity index (χ1v) is 6.83. The predicted molar refractivity (Wildman–Crippen MR) is 66.2 cm³/mol. The van der Waals surface area contributed by atoms with Gasteiger partial charge in [-0.25, -0.2) is 4.79 Å². The molecule has 1 aliphatic carbocycles. The summed E-state index contributed by atoms with van der Waals surface area (Å²) in [6.07, 6.45) is 1.45. The minimum absolute atomic E-state index is 0.0508. The molecule has 2 rings (SSSR count). The largest absolute Gasteiger partial charge is 0.534 e. The third kappa shape index (κ3) is 2.85. The van der Waals surface area contributed by atoms with Crippen molar-refractivity contribution in [1.82, 2.24) is 0 Å². The van der Waals surface area contributed by atoms with Crippen molar-refractivity contribution < 1.29 is 35.7 Å². The van der Waals surface area contributed by atoms with Crippen LogP contribution >= 0.6 is 0 Å². The van der Waals surface area contributed by atoms with Crippen LogP contribution in [0.3, 0.4) is 0 Å². The fourth-order valence-electron chi connectivity index (χ4n) is 1.71. The smallest absolute Gasteiger partial charge is 0.383 e. The lowest BCUT2D eigenvalue weighted by molar-refractivity contribution is -0.0500. The van der Waals surface area contributed by atoms with Crippen LogP contribution in [0.5, 0.6) is 5.75 Å². The Bertz CT molecular complexity index is 758. The molecule has 5 nitrogen and oxygen atoms in total. The van der Waals surface area contributed by atoms with E-state index in [4.69, 9.17) is 0 Å². The van der Waals surface area contributed by atoms with Crippen molar-refractivity contribution in [1.29, 1.82) is 0 Å². The fourth-order valence-corrected chi connectivity index (χ4v) is 2.16. The highest BCUT2D eigenvalue weighted by molar-refractivity contribution is 7.88. The summed E-state index contributed by atoms with van der Waals surface area (Å²) < 4.78 is 62.5. The summed E-state index contributed by atoms with van der Waals surface area (Å²) in [7, 11) is -5.80. The topological polar surface area (TPSA) is 80.7 Å². The number of halogens is 3. The van der Waals surface area contributed by atoms with Gasteiger partial charge in [0.05, 0.1) is 5.57 Å². The summed E-state index contributed by atoms with van der Waals surface area (Å²) in [5.74, 6) is 0.845. The first kappa shape index (κ1) is 15.3. The molecule has 9 heteroatoms. The molecule has 0 fully saturated rings. The second-order valence-electron chi connectivity index (χ2n) is 4.05. The number of carbonyl (C=O) groups excluding carboxylic acids is 1. The average Bonchev–Trinajstić information content (AvgIpc) is 2.36. The number of aliphatic hydroxyl groups is 1. The molecule has 0 bridgehead atoms. The number of alkyl halides is 3. The number of rotatable bonds is 2. The predicted octanol–water partition coefficient (Wildman–Crippen LogP) is 1.52. The van der Waals surface area contributed by atoms with E-state index < -0.39 is 27.5 Å². The molecule has 1 unspecified atom stereocenters. The molecule has 1 atom stereocenters. The lowest BCUT2D eigenvalue weighted by Crippen LogP contribution is -2.28. The van der Waals surface area contributed by atoms with E-state index in [1.54, 1.807) is 0 Å². The van der Waals surface area contributed by atoms with Crippen LogP contribution < -0.4 is 4.18 Å². The van der Waals surface area contributed by atoms with E-state index in [0.717, 1.165) is 12.1 Å². The minimum atomic E-state index is -5.80. The number of hydrogen-bond acceptors (Lipinski definition) is 5. The molecule has 0 spiro atoms. The zero-order chi connectivity index (χ0) is 15.8. The first-order chi connectivity index (χ1) is 9.65. The van der Waals surface area contributed by atoms with Gasteiger partial charge >= 0.3 is 15.6 Å². The molecule has 0 aromatic heterocycles. The van der Waals surface area contributed by atoms with E-state index in [0.29, 0.717) is 5.56 Å². The van der Waals surface area contributed by atoms with Crippen LogP contribution in [0.2, 0.25) is 0 Å². The molecule has 0 heterocycles. The van der Waals surface area contributed by atoms with Gasteiger partial charge in [0.2, 0.25) is 0 Å². The van der Waals surface area contributed by atoms with Crippen LogP contribution in [0.1, 0.15) is 11.1 Å². The van der Waals surface area contributed by atoms with E-state index >= 15 is 0 Å². The van der Waals surface area contributed by atoms with Gasteiger partial charge in [-0.2, -0.15) is 21.6 Å². The first-order valence-electron chi connectivity index (χ1n) is 5.42. The molecule has 1 aliphatic rings. The monoisotopic (exact) mass is 320 g/mol. The van der Waals surface area contributed by atoms with Crippen molar-refractivity contribution in [2.45, 2.75) is 11.6 Å². The van der Waals surface area contributed by atoms with Gasteiger partial charge < -0.3 is 9.29 Å². The van der Waals surface area contributed by atoms with E-state index in [1.807, 2.05) is 0 Å². The van der Waals surface area contributed by atoms with Crippen LogP contribution in [-0.2, 0) is 14.9 Å². The highest BCUT2D eigenvalue weighted by Gasteiger charge is 2.48. The SMILES string of the molecule is O=C=C1c2cc(OS(=O)(=O)C(F)(F)F)ccc2C=CC1O. The summed E-state index contributed by atoms with van der Waals surface area (Å²) >= 11 is 0. The number of aliphatic hydroxyl groups excluding tert-OH is 1. The average molecular weight is 320 g/mol. The summed E-state index contributed by atoms with van der Waals surface area (Å²) in [4.78, 5) is 10.8. The third-order valence-electron chi connectivity index (χ3n) is 2.67. The molecule has 0 amide bonds. The fraction of sp³-hybridized carbons (Fsp3) is 0.167. The molecule has 1 aromatic carbocycles. The Labute approximate surface area is 117 Å². The van der Waals surface area contributed by atoms with Crippen LogP contribution in [0.4, 0.5) is 13.2 Å².